The van der Waals surface area contributed by atoms with Gasteiger partial charge in [-0.3, -0.25) is 0 Å². The Kier molecular flexibility index (Phi) is 5.60. The molecule has 2 rings (SSSR count). The van der Waals surface area contributed by atoms with Crippen molar-refractivity contribution in [2.45, 2.75) is 45.6 Å². The van der Waals surface area contributed by atoms with Gasteiger partial charge in [0.1, 0.15) is 0 Å². The van der Waals surface area contributed by atoms with Crippen molar-refractivity contribution in [2.75, 3.05) is 19.7 Å². The molecule has 0 aromatic carbocycles. The first-order valence-corrected chi connectivity index (χ1v) is 7.87. The Labute approximate surface area is 114 Å². The molecule has 0 amide bonds. The smallest absolute Gasteiger partial charge is 0.0954 e. The molecule has 0 saturated carbocycles. The monoisotopic (exact) mass is 268 g/mol. The molecule has 4 heteroatoms. The Balaban J connectivity index is 1.68. The molecule has 1 N–H and O–H groups in total. The lowest BCUT2D eigenvalue weighted by Crippen LogP contribution is -2.22. The van der Waals surface area contributed by atoms with Crippen molar-refractivity contribution in [3.8, 4) is 0 Å². The molecule has 1 atom stereocenters. The second kappa shape index (κ2) is 7.22. The first-order valence-electron chi connectivity index (χ1n) is 6.99. The van der Waals surface area contributed by atoms with E-state index in [-0.39, 0.29) is 0 Å². The van der Waals surface area contributed by atoms with Crippen LogP contribution in [0.3, 0.4) is 0 Å². The highest BCUT2D eigenvalue weighted by atomic mass is 32.1. The lowest BCUT2D eigenvalue weighted by Gasteiger charge is -2.06. The van der Waals surface area contributed by atoms with Crippen molar-refractivity contribution >= 4 is 11.3 Å². The highest BCUT2D eigenvalue weighted by molar-refractivity contribution is 7.09. The Morgan fingerprint density at radius 2 is 2.44 bits per heavy atom. The number of ether oxygens (including phenoxy) is 1. The van der Waals surface area contributed by atoms with Crippen molar-refractivity contribution in [1.82, 2.24) is 10.3 Å². The minimum absolute atomic E-state index is 0.420. The summed E-state index contributed by atoms with van der Waals surface area (Å²) in [6.45, 7) is 7.52. The zero-order valence-electron chi connectivity index (χ0n) is 11.4. The van der Waals surface area contributed by atoms with Gasteiger partial charge in [0.15, 0.2) is 0 Å². The molecule has 1 aromatic rings. The fourth-order valence-electron chi connectivity index (χ4n) is 2.16. The molecule has 1 aliphatic rings. The van der Waals surface area contributed by atoms with E-state index in [0.29, 0.717) is 6.10 Å². The summed E-state index contributed by atoms with van der Waals surface area (Å²) in [5, 5.41) is 6.89. The molecule has 0 spiro atoms. The Morgan fingerprint density at radius 1 is 1.56 bits per heavy atom. The maximum atomic E-state index is 5.65. The van der Waals surface area contributed by atoms with Gasteiger partial charge in [-0.05, 0) is 25.3 Å². The van der Waals surface area contributed by atoms with Gasteiger partial charge in [0, 0.05) is 31.4 Å². The van der Waals surface area contributed by atoms with Gasteiger partial charge in [-0.25, -0.2) is 4.98 Å². The van der Waals surface area contributed by atoms with E-state index >= 15 is 0 Å². The first-order chi connectivity index (χ1) is 8.74. The van der Waals surface area contributed by atoms with Gasteiger partial charge in [0.05, 0.1) is 16.8 Å². The third-order valence-corrected chi connectivity index (χ3v) is 4.06. The highest BCUT2D eigenvalue weighted by Gasteiger charge is 2.17. The number of aromatic nitrogens is 1. The van der Waals surface area contributed by atoms with Gasteiger partial charge in [-0.1, -0.05) is 13.8 Å². The van der Waals surface area contributed by atoms with Gasteiger partial charge < -0.3 is 10.1 Å². The molecule has 18 heavy (non-hydrogen) atoms. The maximum Gasteiger partial charge on any atom is 0.0954 e. The van der Waals surface area contributed by atoms with Crippen LogP contribution in [0.25, 0.3) is 0 Å². The predicted molar refractivity (Wildman–Crippen MR) is 76.2 cm³/mol. The normalized spacial score (nSPS) is 19.8. The van der Waals surface area contributed by atoms with Crippen LogP contribution in [0.1, 0.15) is 37.4 Å². The standard InChI is InChI=1S/C14H24N2OS/c1-11(2)9-15-6-5-12-10-18-14(16-12)8-13-4-3-7-17-13/h10-11,13,15H,3-9H2,1-2H3. The van der Waals surface area contributed by atoms with E-state index in [9.17, 15) is 0 Å². The molecule has 102 valence electrons. The van der Waals surface area contributed by atoms with Gasteiger partial charge in [-0.15, -0.1) is 11.3 Å². The maximum absolute atomic E-state index is 5.65. The number of thiazole rings is 1. The molecule has 1 aromatic heterocycles. The van der Waals surface area contributed by atoms with E-state index < -0.39 is 0 Å². The van der Waals surface area contributed by atoms with Crippen LogP contribution in [0.5, 0.6) is 0 Å². The largest absolute Gasteiger partial charge is 0.378 e. The Bertz CT molecular complexity index is 345. The van der Waals surface area contributed by atoms with Crippen LogP contribution >= 0.6 is 11.3 Å². The SMILES string of the molecule is CC(C)CNCCc1csc(CC2CCCO2)n1. The number of nitrogens with zero attached hydrogens (tertiary/aromatic N) is 1. The predicted octanol–water partition coefficient (Wildman–Crippen LogP) is 2.65. The third kappa shape index (κ3) is 4.67. The summed E-state index contributed by atoms with van der Waals surface area (Å²) in [5.41, 5.74) is 1.23. The van der Waals surface area contributed by atoms with Crippen LogP contribution in [0.4, 0.5) is 0 Å². The summed E-state index contributed by atoms with van der Waals surface area (Å²) in [6.07, 6.45) is 4.87. The molecule has 0 bridgehead atoms. The van der Waals surface area contributed by atoms with Crippen LogP contribution < -0.4 is 5.32 Å². The fraction of sp³-hybridized carbons (Fsp3) is 0.786. The molecule has 0 aliphatic carbocycles. The summed E-state index contributed by atoms with van der Waals surface area (Å²) < 4.78 is 5.65. The Hall–Kier alpha value is -0.450. The molecule has 1 aliphatic heterocycles. The van der Waals surface area contributed by atoms with Gasteiger partial charge >= 0.3 is 0 Å². The van der Waals surface area contributed by atoms with Crippen LogP contribution in [-0.4, -0.2) is 30.8 Å². The second-order valence-electron chi connectivity index (χ2n) is 5.42. The zero-order chi connectivity index (χ0) is 12.8. The van der Waals surface area contributed by atoms with E-state index in [2.05, 4.69) is 29.5 Å². The number of hydrogen-bond donors (Lipinski definition) is 1. The van der Waals surface area contributed by atoms with E-state index in [1.807, 2.05) is 0 Å². The molecule has 2 heterocycles. The van der Waals surface area contributed by atoms with Gasteiger partial charge in [0.2, 0.25) is 0 Å². The van der Waals surface area contributed by atoms with Gasteiger partial charge in [0.25, 0.3) is 0 Å². The van der Waals surface area contributed by atoms with Crippen molar-refractivity contribution in [3.05, 3.63) is 16.1 Å². The van der Waals surface area contributed by atoms with Crippen molar-refractivity contribution in [1.29, 1.82) is 0 Å². The summed E-state index contributed by atoms with van der Waals surface area (Å²) in [6, 6.07) is 0. The third-order valence-electron chi connectivity index (χ3n) is 3.14. The van der Waals surface area contributed by atoms with Crippen molar-refractivity contribution in [3.63, 3.8) is 0 Å². The van der Waals surface area contributed by atoms with E-state index in [1.165, 1.54) is 23.5 Å². The number of hydrogen-bond acceptors (Lipinski definition) is 4. The lowest BCUT2D eigenvalue weighted by atomic mass is 10.2. The molecule has 0 radical (unpaired) electrons. The summed E-state index contributed by atoms with van der Waals surface area (Å²) in [5.74, 6) is 0.718. The molecule has 1 unspecified atom stereocenters. The highest BCUT2D eigenvalue weighted by Crippen LogP contribution is 2.19. The van der Waals surface area contributed by atoms with E-state index in [4.69, 9.17) is 4.74 Å². The number of nitrogens with one attached hydrogen (secondary N) is 1. The average Bonchev–Trinajstić information content (AvgIpc) is 2.97. The van der Waals surface area contributed by atoms with Crippen LogP contribution in [0.2, 0.25) is 0 Å². The minimum atomic E-state index is 0.420. The molecule has 1 saturated heterocycles. The van der Waals surface area contributed by atoms with Crippen LogP contribution in [-0.2, 0) is 17.6 Å². The fourth-order valence-corrected chi connectivity index (χ4v) is 3.06. The topological polar surface area (TPSA) is 34.1 Å². The summed E-state index contributed by atoms with van der Waals surface area (Å²) in [4.78, 5) is 4.69. The average molecular weight is 268 g/mol. The summed E-state index contributed by atoms with van der Waals surface area (Å²) in [7, 11) is 0. The lowest BCUT2D eigenvalue weighted by molar-refractivity contribution is 0.111. The molecule has 1 fully saturated rings. The van der Waals surface area contributed by atoms with Crippen LogP contribution in [0.15, 0.2) is 5.38 Å². The summed E-state index contributed by atoms with van der Waals surface area (Å²) >= 11 is 1.78. The quantitative estimate of drug-likeness (QED) is 0.772. The van der Waals surface area contributed by atoms with Crippen LogP contribution in [0, 0.1) is 5.92 Å². The number of rotatable bonds is 7. The van der Waals surface area contributed by atoms with Crippen molar-refractivity contribution < 1.29 is 4.74 Å². The molecule has 3 nitrogen and oxygen atoms in total. The zero-order valence-corrected chi connectivity index (χ0v) is 12.3. The Morgan fingerprint density at radius 3 is 3.17 bits per heavy atom. The first kappa shape index (κ1) is 14.0. The molecular formula is C14H24N2OS. The van der Waals surface area contributed by atoms with E-state index in [0.717, 1.165) is 38.5 Å². The second-order valence-corrected chi connectivity index (χ2v) is 6.36. The van der Waals surface area contributed by atoms with E-state index in [1.54, 1.807) is 11.3 Å². The minimum Gasteiger partial charge on any atom is -0.378 e. The van der Waals surface area contributed by atoms with Crippen molar-refractivity contribution in [2.24, 2.45) is 5.92 Å². The van der Waals surface area contributed by atoms with Gasteiger partial charge in [-0.2, -0.15) is 0 Å². The molecular weight excluding hydrogens is 244 g/mol.